The lowest BCUT2D eigenvalue weighted by molar-refractivity contribution is -0.160. The molecule has 6 unspecified atom stereocenters. The first-order valence-electron chi connectivity index (χ1n) is 11.6. The number of nitrogens with zero attached hydrogens (tertiary/aromatic N) is 3. The Labute approximate surface area is 193 Å². The van der Waals surface area contributed by atoms with Gasteiger partial charge in [-0.1, -0.05) is 0 Å². The minimum absolute atomic E-state index is 0.0867. The van der Waals surface area contributed by atoms with Crippen LogP contribution in [-0.2, 0) is 28.7 Å². The molecule has 4 amide bonds. The molecule has 0 aromatic rings. The van der Waals surface area contributed by atoms with E-state index < -0.39 is 60.1 Å². The predicted molar refractivity (Wildman–Crippen MR) is 115 cm³/mol. The van der Waals surface area contributed by atoms with Gasteiger partial charge in [-0.25, -0.2) is 4.79 Å². The molecule has 0 aromatic heterocycles. The van der Waals surface area contributed by atoms with E-state index >= 15 is 0 Å². The van der Waals surface area contributed by atoms with Crippen LogP contribution >= 0.6 is 0 Å². The van der Waals surface area contributed by atoms with E-state index in [9.17, 15) is 29.1 Å². The summed E-state index contributed by atoms with van der Waals surface area (Å²) in [6.07, 6.45) is 0.0980. The van der Waals surface area contributed by atoms with Gasteiger partial charge < -0.3 is 29.9 Å². The molecule has 0 radical (unpaired) electrons. The number of fused-ring (bicyclic) bond motifs is 2. The molecule has 0 bridgehead atoms. The van der Waals surface area contributed by atoms with E-state index in [1.54, 1.807) is 6.92 Å². The Balaban J connectivity index is 1.94. The highest BCUT2D eigenvalue weighted by molar-refractivity contribution is 5.95. The highest BCUT2D eigenvalue weighted by atomic mass is 16.5. The third-order valence-electron chi connectivity index (χ3n) is 6.67. The molecule has 3 heterocycles. The van der Waals surface area contributed by atoms with Crippen LogP contribution < -0.4 is 5.32 Å². The number of esters is 1. The van der Waals surface area contributed by atoms with Crippen LogP contribution in [0.25, 0.3) is 0 Å². The van der Waals surface area contributed by atoms with Gasteiger partial charge in [0, 0.05) is 20.1 Å². The number of hydrogen-bond acceptors (Lipinski definition) is 7. The largest absolute Gasteiger partial charge is 0.461 e. The number of amides is 4. The van der Waals surface area contributed by atoms with E-state index in [4.69, 9.17) is 4.74 Å². The Morgan fingerprint density at radius 3 is 2.21 bits per heavy atom. The molecule has 0 spiro atoms. The number of cyclic esters (lactones) is 1. The van der Waals surface area contributed by atoms with Gasteiger partial charge in [-0.2, -0.15) is 0 Å². The van der Waals surface area contributed by atoms with Crippen molar-refractivity contribution in [2.45, 2.75) is 89.3 Å². The fourth-order valence-electron chi connectivity index (χ4n) is 4.98. The van der Waals surface area contributed by atoms with Crippen LogP contribution in [0.1, 0.15) is 52.9 Å². The van der Waals surface area contributed by atoms with Gasteiger partial charge in [0.15, 0.2) is 0 Å². The molecular formula is C22H34N4O7. The minimum Gasteiger partial charge on any atom is -0.461 e. The van der Waals surface area contributed by atoms with Crippen LogP contribution in [0.5, 0.6) is 0 Å². The molecule has 184 valence electrons. The molecule has 0 aromatic carbocycles. The van der Waals surface area contributed by atoms with Crippen molar-refractivity contribution in [2.24, 2.45) is 0 Å². The van der Waals surface area contributed by atoms with Crippen molar-refractivity contribution >= 4 is 29.6 Å². The molecule has 2 N–H and O–H groups in total. The van der Waals surface area contributed by atoms with Crippen LogP contribution in [0.2, 0.25) is 0 Å². The maximum Gasteiger partial charge on any atom is 0.329 e. The number of aliphatic hydroxyl groups is 1. The molecule has 11 heteroatoms. The number of ether oxygens (including phenoxy) is 1. The zero-order valence-corrected chi connectivity index (χ0v) is 19.7. The normalized spacial score (nSPS) is 33.5. The van der Waals surface area contributed by atoms with Crippen LogP contribution in [0.4, 0.5) is 0 Å². The van der Waals surface area contributed by atoms with Gasteiger partial charge >= 0.3 is 5.97 Å². The third kappa shape index (κ3) is 5.13. The number of carbonyl (C=O) groups is 5. The standard InChI is InChI=1S/C22H34N4O7/c1-12-11-17(28)25-9-5-7-15(25)21(31)24(4)18(14(3)27)19(29)23-13(2)20(30)26-10-6-8-16(26)22(32)33-12/h12-16,18,27H,5-11H2,1-4H3,(H,23,29). The van der Waals surface area contributed by atoms with Crippen LogP contribution in [0, 0.1) is 0 Å². The summed E-state index contributed by atoms with van der Waals surface area (Å²) in [5, 5.41) is 12.9. The molecule has 0 aliphatic carbocycles. The Hall–Kier alpha value is -2.69. The van der Waals surface area contributed by atoms with Gasteiger partial charge in [0.1, 0.15) is 30.3 Å². The van der Waals surface area contributed by atoms with Gasteiger partial charge in [-0.3, -0.25) is 19.2 Å². The van der Waals surface area contributed by atoms with Crippen molar-refractivity contribution in [2.75, 3.05) is 20.1 Å². The fourth-order valence-corrected chi connectivity index (χ4v) is 4.98. The Morgan fingerprint density at radius 1 is 0.970 bits per heavy atom. The molecule has 3 saturated heterocycles. The second kappa shape index (κ2) is 10.1. The summed E-state index contributed by atoms with van der Waals surface area (Å²) < 4.78 is 5.49. The number of aliphatic hydroxyl groups excluding tert-OH is 1. The number of likely N-dealkylation sites (N-methyl/N-ethyl adjacent to an activating group) is 1. The van der Waals surface area contributed by atoms with Gasteiger partial charge in [0.25, 0.3) is 0 Å². The van der Waals surface area contributed by atoms with E-state index in [1.165, 1.54) is 30.7 Å². The monoisotopic (exact) mass is 466 g/mol. The lowest BCUT2D eigenvalue weighted by Gasteiger charge is -2.35. The smallest absolute Gasteiger partial charge is 0.329 e. The first-order chi connectivity index (χ1) is 15.5. The average Bonchev–Trinajstić information content (AvgIpc) is 3.41. The molecule has 3 rings (SSSR count). The lowest BCUT2D eigenvalue weighted by atomic mass is 10.1. The fraction of sp³-hybridized carbons (Fsp3) is 0.773. The van der Waals surface area contributed by atoms with E-state index in [1.807, 2.05) is 0 Å². The van der Waals surface area contributed by atoms with Crippen LogP contribution in [0.3, 0.4) is 0 Å². The van der Waals surface area contributed by atoms with Crippen molar-refractivity contribution < 1.29 is 33.8 Å². The Kier molecular flexibility index (Phi) is 7.61. The second-order valence-electron chi connectivity index (χ2n) is 9.25. The highest BCUT2D eigenvalue weighted by Crippen LogP contribution is 2.24. The summed E-state index contributed by atoms with van der Waals surface area (Å²) in [6.45, 7) is 5.25. The van der Waals surface area contributed by atoms with Crippen molar-refractivity contribution in [1.29, 1.82) is 0 Å². The third-order valence-corrected chi connectivity index (χ3v) is 6.67. The van der Waals surface area contributed by atoms with E-state index in [0.29, 0.717) is 38.8 Å². The summed E-state index contributed by atoms with van der Waals surface area (Å²) in [5.41, 5.74) is 0. The summed E-state index contributed by atoms with van der Waals surface area (Å²) in [6, 6.07) is -3.75. The van der Waals surface area contributed by atoms with E-state index in [2.05, 4.69) is 5.32 Å². The highest BCUT2D eigenvalue weighted by Gasteiger charge is 2.43. The maximum absolute atomic E-state index is 13.2. The van der Waals surface area contributed by atoms with Gasteiger partial charge in [0.2, 0.25) is 23.6 Å². The lowest BCUT2D eigenvalue weighted by Crippen LogP contribution is -2.60. The summed E-state index contributed by atoms with van der Waals surface area (Å²) in [4.78, 5) is 69.0. The molecule has 3 aliphatic heterocycles. The summed E-state index contributed by atoms with van der Waals surface area (Å²) in [7, 11) is 1.41. The molecule has 11 nitrogen and oxygen atoms in total. The maximum atomic E-state index is 13.2. The quantitative estimate of drug-likeness (QED) is 0.474. The Bertz CT molecular complexity index is 817. The van der Waals surface area contributed by atoms with E-state index in [-0.39, 0.29) is 12.3 Å². The van der Waals surface area contributed by atoms with Gasteiger partial charge in [-0.15, -0.1) is 0 Å². The number of hydrogen-bond donors (Lipinski definition) is 2. The molecule has 33 heavy (non-hydrogen) atoms. The number of rotatable bonds is 1. The average molecular weight is 467 g/mol. The van der Waals surface area contributed by atoms with Gasteiger partial charge in [-0.05, 0) is 46.5 Å². The van der Waals surface area contributed by atoms with Crippen LogP contribution in [0.15, 0.2) is 0 Å². The second-order valence-corrected chi connectivity index (χ2v) is 9.25. The number of nitrogens with one attached hydrogen (secondary N) is 1. The Morgan fingerprint density at radius 2 is 1.58 bits per heavy atom. The van der Waals surface area contributed by atoms with Crippen molar-refractivity contribution in [1.82, 2.24) is 20.0 Å². The summed E-state index contributed by atoms with van der Waals surface area (Å²) in [5.74, 6) is -2.49. The minimum atomic E-state index is -1.24. The van der Waals surface area contributed by atoms with Crippen molar-refractivity contribution in [3.8, 4) is 0 Å². The first kappa shape index (κ1) is 24.9. The molecule has 6 atom stereocenters. The molecule has 3 aliphatic rings. The van der Waals surface area contributed by atoms with Crippen molar-refractivity contribution in [3.63, 3.8) is 0 Å². The predicted octanol–water partition coefficient (Wildman–Crippen LogP) is -0.984. The SMILES string of the molecule is CC1CC(=O)N2CCCC2C(=O)N(C)C(C(C)O)C(=O)NC(C)C(=O)N2CCCC2C(=O)O1. The van der Waals surface area contributed by atoms with E-state index in [0.717, 1.165) is 4.90 Å². The molecule has 0 saturated carbocycles. The first-order valence-corrected chi connectivity index (χ1v) is 11.6. The zero-order valence-electron chi connectivity index (χ0n) is 19.7. The van der Waals surface area contributed by atoms with Crippen LogP contribution in [-0.4, -0.2) is 106 Å². The topological polar surface area (TPSA) is 137 Å². The molecular weight excluding hydrogens is 432 g/mol. The molecule has 3 fully saturated rings. The van der Waals surface area contributed by atoms with Gasteiger partial charge in [0.05, 0.1) is 12.5 Å². The zero-order chi connectivity index (χ0) is 24.4. The summed E-state index contributed by atoms with van der Waals surface area (Å²) >= 11 is 0. The van der Waals surface area contributed by atoms with Crippen molar-refractivity contribution in [3.05, 3.63) is 0 Å². The number of carbonyl (C=O) groups excluding carboxylic acids is 5.